The Kier molecular flexibility index (Phi) is 3.13. The van der Waals surface area contributed by atoms with Gasteiger partial charge >= 0.3 is 0 Å². The molecule has 0 amide bonds. The number of thiazole rings is 1. The van der Waals surface area contributed by atoms with Gasteiger partial charge in [0.05, 0.1) is 5.02 Å². The minimum atomic E-state index is -1.12. The number of hydrogen-bond donors (Lipinski definition) is 2. The molecule has 7 heteroatoms. The number of aliphatic hydroxyl groups excluding tert-OH is 1. The number of pyridine rings is 1. The summed E-state index contributed by atoms with van der Waals surface area (Å²) < 4.78 is 0.892. The lowest BCUT2D eigenvalue weighted by molar-refractivity contribution is 0.186. The monoisotopic (exact) mass is 261 g/mol. The van der Waals surface area contributed by atoms with Gasteiger partial charge in [-0.15, -0.1) is 0 Å². The number of aromatic nitrogens is 2. The van der Waals surface area contributed by atoms with Crippen molar-refractivity contribution in [3.8, 4) is 0 Å². The summed E-state index contributed by atoms with van der Waals surface area (Å²) in [5, 5.41) is 9.63. The Balaban J connectivity index is 2.67. The summed E-state index contributed by atoms with van der Waals surface area (Å²) in [6.45, 7) is 0. The van der Waals surface area contributed by atoms with Gasteiger partial charge in [-0.05, 0) is 6.26 Å². The Morgan fingerprint density at radius 1 is 1.67 bits per heavy atom. The van der Waals surface area contributed by atoms with Crippen LogP contribution in [0, 0.1) is 0 Å². The topological polar surface area (TPSA) is 72.0 Å². The summed E-state index contributed by atoms with van der Waals surface area (Å²) in [5.74, 6) is 0. The quantitative estimate of drug-likeness (QED) is 0.639. The third-order valence-electron chi connectivity index (χ3n) is 1.87. The predicted molar refractivity (Wildman–Crippen MR) is 63.4 cm³/mol. The van der Waals surface area contributed by atoms with Crippen LogP contribution in [0.1, 0.15) is 11.8 Å². The first kappa shape index (κ1) is 11.1. The fourth-order valence-electron chi connectivity index (χ4n) is 1.14. The zero-order chi connectivity index (χ0) is 11.0. The Hall–Kier alpha value is -0.400. The highest BCUT2D eigenvalue weighted by molar-refractivity contribution is 8.00. The van der Waals surface area contributed by atoms with E-state index in [4.69, 9.17) is 17.3 Å². The van der Waals surface area contributed by atoms with E-state index in [9.17, 15) is 5.11 Å². The maximum atomic E-state index is 9.25. The maximum absolute atomic E-state index is 9.25. The normalized spacial score (nSPS) is 13.3. The van der Waals surface area contributed by atoms with Gasteiger partial charge in [-0.1, -0.05) is 34.7 Å². The fourth-order valence-corrected chi connectivity index (χ4v) is 2.89. The number of hydrogen-bond acceptors (Lipinski definition) is 6. The molecule has 0 fully saturated rings. The molecule has 1 unspecified atom stereocenters. The molecule has 1 atom stereocenters. The van der Waals surface area contributed by atoms with Crippen molar-refractivity contribution in [2.75, 3.05) is 6.26 Å². The molecule has 0 saturated heterocycles. The first-order chi connectivity index (χ1) is 7.13. The van der Waals surface area contributed by atoms with E-state index >= 15 is 0 Å². The molecule has 0 aliphatic carbocycles. The summed E-state index contributed by atoms with van der Waals surface area (Å²) >= 11 is 9.06. The Morgan fingerprint density at radius 2 is 2.40 bits per heavy atom. The molecule has 2 aromatic rings. The van der Waals surface area contributed by atoms with E-state index in [1.165, 1.54) is 29.3 Å². The Bertz CT molecular complexity index is 500. The average Bonchev–Trinajstić information content (AvgIpc) is 2.61. The number of halogens is 1. The highest BCUT2D eigenvalue weighted by atomic mass is 35.5. The lowest BCUT2D eigenvalue weighted by atomic mass is 10.2. The van der Waals surface area contributed by atoms with Crippen LogP contribution in [0.25, 0.3) is 10.3 Å². The first-order valence-electron chi connectivity index (χ1n) is 4.06. The van der Waals surface area contributed by atoms with E-state index in [-0.39, 0.29) is 0 Å². The molecule has 0 bridgehead atoms. The summed E-state index contributed by atoms with van der Waals surface area (Å²) in [7, 11) is 0. The number of aliphatic hydroxyl groups is 1. The van der Waals surface area contributed by atoms with Gasteiger partial charge in [0.25, 0.3) is 0 Å². The molecule has 2 heterocycles. The second kappa shape index (κ2) is 4.23. The number of nitrogens with two attached hydrogens (primary N) is 1. The second-order valence-corrected chi connectivity index (χ2v) is 5.22. The summed E-state index contributed by atoms with van der Waals surface area (Å²) in [6.07, 6.45) is 2.30. The molecule has 2 aromatic heterocycles. The van der Waals surface area contributed by atoms with Crippen molar-refractivity contribution in [2.45, 2.75) is 10.6 Å². The van der Waals surface area contributed by atoms with Crippen molar-refractivity contribution in [3.63, 3.8) is 0 Å². The van der Waals surface area contributed by atoms with Gasteiger partial charge in [-0.2, -0.15) is 0 Å². The van der Waals surface area contributed by atoms with Crippen LogP contribution in [-0.4, -0.2) is 21.3 Å². The summed E-state index contributed by atoms with van der Waals surface area (Å²) in [6, 6.07) is 0. The van der Waals surface area contributed by atoms with Crippen LogP contribution < -0.4 is 5.73 Å². The molecule has 3 N–H and O–H groups in total. The fraction of sp³-hybridized carbons (Fsp3) is 0.250. The van der Waals surface area contributed by atoms with Crippen molar-refractivity contribution in [3.05, 3.63) is 16.8 Å². The molecule has 0 saturated carbocycles. The second-order valence-electron chi connectivity index (χ2n) is 2.81. The highest BCUT2D eigenvalue weighted by Gasteiger charge is 2.14. The van der Waals surface area contributed by atoms with E-state index in [1.807, 2.05) is 6.26 Å². The molecule has 15 heavy (non-hydrogen) atoms. The number of nitrogens with zero attached hydrogens (tertiary/aromatic N) is 2. The minimum absolute atomic E-state index is 0.381. The van der Waals surface area contributed by atoms with E-state index in [1.54, 1.807) is 0 Å². The number of thioether (sulfide) groups is 1. The SMILES string of the molecule is CSc1nc2c(Cl)c(C(N)O)cnc2s1. The highest BCUT2D eigenvalue weighted by Crippen LogP contribution is 2.33. The van der Waals surface area contributed by atoms with Gasteiger partial charge in [0.2, 0.25) is 0 Å². The van der Waals surface area contributed by atoms with Gasteiger partial charge in [0.1, 0.15) is 16.6 Å². The standard InChI is InChI=1S/C8H8ClN3OS2/c1-14-8-12-5-4(9)3(6(10)13)2-11-7(5)15-8/h2,6,13H,10H2,1H3. The van der Waals surface area contributed by atoms with Crippen LogP contribution in [0.5, 0.6) is 0 Å². The molecule has 0 aromatic carbocycles. The van der Waals surface area contributed by atoms with Gasteiger partial charge in [-0.3, -0.25) is 0 Å². The molecule has 4 nitrogen and oxygen atoms in total. The van der Waals surface area contributed by atoms with Crippen molar-refractivity contribution >= 4 is 45.0 Å². The van der Waals surface area contributed by atoms with Crippen LogP contribution in [0.2, 0.25) is 5.02 Å². The van der Waals surface area contributed by atoms with Gasteiger partial charge in [-0.25, -0.2) is 9.97 Å². The molecule has 80 valence electrons. The van der Waals surface area contributed by atoms with Crippen molar-refractivity contribution in [1.82, 2.24) is 9.97 Å². The van der Waals surface area contributed by atoms with Crippen molar-refractivity contribution in [2.24, 2.45) is 5.73 Å². The van der Waals surface area contributed by atoms with Gasteiger partial charge in [0, 0.05) is 11.8 Å². The lowest BCUT2D eigenvalue weighted by Crippen LogP contribution is -2.09. The largest absolute Gasteiger partial charge is 0.374 e. The van der Waals surface area contributed by atoms with Crippen LogP contribution >= 0.6 is 34.7 Å². The van der Waals surface area contributed by atoms with Gasteiger partial charge in [0.15, 0.2) is 4.34 Å². The van der Waals surface area contributed by atoms with E-state index < -0.39 is 6.23 Å². The van der Waals surface area contributed by atoms with Gasteiger partial charge < -0.3 is 10.8 Å². The number of fused-ring (bicyclic) bond motifs is 1. The molecular weight excluding hydrogens is 254 g/mol. The third-order valence-corrected chi connectivity index (χ3v) is 4.21. The van der Waals surface area contributed by atoms with Crippen molar-refractivity contribution in [1.29, 1.82) is 0 Å². The third kappa shape index (κ3) is 1.95. The van der Waals surface area contributed by atoms with Crippen LogP contribution in [0.3, 0.4) is 0 Å². The Labute approximate surface area is 99.5 Å². The van der Waals surface area contributed by atoms with Crippen molar-refractivity contribution < 1.29 is 5.11 Å². The summed E-state index contributed by atoms with van der Waals surface area (Å²) in [5.41, 5.74) is 6.36. The van der Waals surface area contributed by atoms with Crippen LogP contribution in [0.15, 0.2) is 10.5 Å². The van der Waals surface area contributed by atoms with Crippen LogP contribution in [-0.2, 0) is 0 Å². The Morgan fingerprint density at radius 3 is 3.00 bits per heavy atom. The van der Waals surface area contributed by atoms with Crippen LogP contribution in [0.4, 0.5) is 0 Å². The smallest absolute Gasteiger partial charge is 0.152 e. The van der Waals surface area contributed by atoms with E-state index in [0.29, 0.717) is 16.1 Å². The summed E-state index contributed by atoms with van der Waals surface area (Å²) in [4.78, 5) is 9.20. The first-order valence-corrected chi connectivity index (χ1v) is 6.48. The lowest BCUT2D eigenvalue weighted by Gasteiger charge is -2.05. The number of rotatable bonds is 2. The molecule has 2 rings (SSSR count). The molecule has 0 radical (unpaired) electrons. The zero-order valence-electron chi connectivity index (χ0n) is 7.77. The minimum Gasteiger partial charge on any atom is -0.374 e. The molecule has 0 aliphatic heterocycles. The van der Waals surface area contributed by atoms with E-state index in [0.717, 1.165) is 9.17 Å². The van der Waals surface area contributed by atoms with E-state index in [2.05, 4.69) is 9.97 Å². The molecular formula is C8H8ClN3OS2. The predicted octanol–water partition coefficient (Wildman–Crippen LogP) is 2.02. The average molecular weight is 262 g/mol. The molecule has 0 aliphatic rings. The molecule has 0 spiro atoms. The maximum Gasteiger partial charge on any atom is 0.152 e. The zero-order valence-corrected chi connectivity index (χ0v) is 10.2.